The molecule has 0 radical (unpaired) electrons. The van der Waals surface area contributed by atoms with Gasteiger partial charge in [-0.1, -0.05) is 29.8 Å². The van der Waals surface area contributed by atoms with Crippen LogP contribution in [0.4, 0.5) is 0 Å². The molecule has 0 fully saturated rings. The van der Waals surface area contributed by atoms with Crippen LogP contribution in [0.2, 0.25) is 5.15 Å². The van der Waals surface area contributed by atoms with E-state index in [-0.39, 0.29) is 11.7 Å². The SMILES string of the molecule is O=C(CSc1cccc2cccnc12)N/N=C\c1c(Cl)nc2sccn12. The third-order valence-corrected chi connectivity index (χ3v) is 5.67. The number of pyridine rings is 1. The standard InChI is InChI=1S/C17H12ClN5OS2/c18-16-12(23-7-8-25-17(23)21-16)9-20-22-14(24)10-26-13-5-1-3-11-4-2-6-19-15(11)13/h1-9H,10H2,(H,22,24)/b20-9-. The van der Waals surface area contributed by atoms with Gasteiger partial charge >= 0.3 is 0 Å². The number of hydrogen-bond donors (Lipinski definition) is 1. The van der Waals surface area contributed by atoms with Crippen molar-refractivity contribution in [3.63, 3.8) is 0 Å². The molecule has 0 aliphatic rings. The largest absolute Gasteiger partial charge is 0.288 e. The van der Waals surface area contributed by atoms with E-state index in [0.717, 1.165) is 20.8 Å². The summed E-state index contributed by atoms with van der Waals surface area (Å²) in [5.74, 6) is 0.0301. The lowest BCUT2D eigenvalue weighted by molar-refractivity contribution is -0.118. The first-order chi connectivity index (χ1) is 12.7. The van der Waals surface area contributed by atoms with E-state index in [4.69, 9.17) is 11.6 Å². The summed E-state index contributed by atoms with van der Waals surface area (Å²) in [6.07, 6.45) is 5.10. The highest BCUT2D eigenvalue weighted by Gasteiger charge is 2.09. The van der Waals surface area contributed by atoms with Crippen molar-refractivity contribution in [3.8, 4) is 0 Å². The Bertz CT molecular complexity index is 1120. The Labute approximate surface area is 161 Å². The first-order valence-corrected chi connectivity index (χ1v) is 9.86. The summed E-state index contributed by atoms with van der Waals surface area (Å²) in [6, 6.07) is 9.80. The maximum absolute atomic E-state index is 12.1. The van der Waals surface area contributed by atoms with Gasteiger partial charge in [0.15, 0.2) is 10.1 Å². The minimum atomic E-state index is -0.207. The number of hydrogen-bond acceptors (Lipinski definition) is 6. The van der Waals surface area contributed by atoms with Crippen LogP contribution in [0.15, 0.2) is 58.1 Å². The minimum absolute atomic E-state index is 0.207. The zero-order chi connectivity index (χ0) is 17.9. The number of para-hydroxylation sites is 1. The van der Waals surface area contributed by atoms with Crippen LogP contribution in [0.5, 0.6) is 0 Å². The number of amides is 1. The van der Waals surface area contributed by atoms with E-state index in [0.29, 0.717) is 10.8 Å². The van der Waals surface area contributed by atoms with Gasteiger partial charge in [0.2, 0.25) is 5.91 Å². The first-order valence-electron chi connectivity index (χ1n) is 7.62. The van der Waals surface area contributed by atoms with Gasteiger partial charge in [0.25, 0.3) is 0 Å². The number of hydrazone groups is 1. The van der Waals surface area contributed by atoms with Crippen LogP contribution in [-0.4, -0.2) is 32.2 Å². The molecule has 130 valence electrons. The number of aromatic nitrogens is 3. The zero-order valence-corrected chi connectivity index (χ0v) is 15.7. The van der Waals surface area contributed by atoms with Crippen LogP contribution in [0.3, 0.4) is 0 Å². The van der Waals surface area contributed by atoms with Gasteiger partial charge in [-0.25, -0.2) is 10.4 Å². The van der Waals surface area contributed by atoms with Crippen molar-refractivity contribution in [2.75, 3.05) is 5.75 Å². The Balaban J connectivity index is 1.40. The molecular formula is C17H12ClN5OS2. The number of imidazole rings is 1. The van der Waals surface area contributed by atoms with Gasteiger partial charge in [-0.2, -0.15) is 5.10 Å². The van der Waals surface area contributed by atoms with Crippen LogP contribution in [0, 0.1) is 0 Å². The third-order valence-electron chi connectivity index (χ3n) is 3.58. The number of thioether (sulfide) groups is 1. The first kappa shape index (κ1) is 17.0. The summed E-state index contributed by atoms with van der Waals surface area (Å²) < 4.78 is 1.82. The van der Waals surface area contributed by atoms with Crippen molar-refractivity contribution in [1.29, 1.82) is 0 Å². The van der Waals surface area contributed by atoms with Gasteiger partial charge in [0.1, 0.15) is 5.69 Å². The summed E-state index contributed by atoms with van der Waals surface area (Å²) in [7, 11) is 0. The van der Waals surface area contributed by atoms with Crippen LogP contribution >= 0.6 is 34.7 Å². The predicted molar refractivity (Wildman–Crippen MR) is 106 cm³/mol. The van der Waals surface area contributed by atoms with Crippen LogP contribution < -0.4 is 5.43 Å². The molecule has 0 aliphatic carbocycles. The number of carbonyl (C=O) groups excluding carboxylic acids is 1. The molecule has 6 nitrogen and oxygen atoms in total. The molecule has 1 aromatic carbocycles. The average molecular weight is 402 g/mol. The van der Waals surface area contributed by atoms with Crippen molar-refractivity contribution < 1.29 is 4.79 Å². The Kier molecular flexibility index (Phi) is 4.87. The Morgan fingerprint density at radius 2 is 2.27 bits per heavy atom. The zero-order valence-electron chi connectivity index (χ0n) is 13.3. The number of thiazole rings is 1. The monoisotopic (exact) mass is 401 g/mol. The molecule has 4 rings (SSSR count). The number of fused-ring (bicyclic) bond motifs is 2. The number of halogens is 1. The maximum Gasteiger partial charge on any atom is 0.250 e. The molecule has 0 unspecified atom stereocenters. The molecule has 26 heavy (non-hydrogen) atoms. The Morgan fingerprint density at radius 1 is 1.38 bits per heavy atom. The summed E-state index contributed by atoms with van der Waals surface area (Å²) in [5, 5.41) is 7.29. The van der Waals surface area contributed by atoms with Crippen LogP contribution in [0.25, 0.3) is 15.9 Å². The van der Waals surface area contributed by atoms with Crippen LogP contribution in [-0.2, 0) is 4.79 Å². The average Bonchev–Trinajstić information content (AvgIpc) is 3.21. The van der Waals surface area contributed by atoms with Gasteiger partial charge in [-0.05, 0) is 12.1 Å². The summed E-state index contributed by atoms with van der Waals surface area (Å²) in [5.41, 5.74) is 4.04. The second-order valence-corrected chi connectivity index (χ2v) is 7.50. The fourth-order valence-electron chi connectivity index (χ4n) is 2.43. The molecule has 0 saturated carbocycles. The quantitative estimate of drug-likeness (QED) is 0.313. The fourth-order valence-corrected chi connectivity index (χ4v) is 4.25. The number of nitrogens with zero attached hydrogens (tertiary/aromatic N) is 4. The molecule has 0 spiro atoms. The summed E-state index contributed by atoms with van der Waals surface area (Å²) >= 11 is 8.98. The second kappa shape index (κ2) is 7.45. The smallest absolute Gasteiger partial charge is 0.250 e. The molecule has 4 aromatic rings. The third kappa shape index (κ3) is 3.44. The lowest BCUT2D eigenvalue weighted by Gasteiger charge is -2.04. The predicted octanol–water partition coefficient (Wildman–Crippen LogP) is 3.84. The molecule has 9 heteroatoms. The molecule has 0 saturated heterocycles. The van der Waals surface area contributed by atoms with Crippen molar-refractivity contribution >= 4 is 62.7 Å². The van der Waals surface area contributed by atoms with Crippen LogP contribution in [0.1, 0.15) is 5.69 Å². The molecule has 1 amide bonds. The van der Waals surface area contributed by atoms with E-state index in [1.54, 1.807) is 6.20 Å². The molecule has 0 bridgehead atoms. The maximum atomic E-state index is 12.1. The van der Waals surface area contributed by atoms with Crippen molar-refractivity contribution in [1.82, 2.24) is 19.8 Å². The molecule has 0 aliphatic heterocycles. The van der Waals surface area contributed by atoms with Gasteiger partial charge < -0.3 is 0 Å². The molecule has 3 aromatic heterocycles. The van der Waals surface area contributed by atoms with E-state index in [1.807, 2.05) is 46.3 Å². The van der Waals surface area contributed by atoms with E-state index in [2.05, 4.69) is 20.5 Å². The highest BCUT2D eigenvalue weighted by molar-refractivity contribution is 8.00. The Hall–Kier alpha value is -2.42. The van der Waals surface area contributed by atoms with Gasteiger partial charge in [-0.15, -0.1) is 23.1 Å². The topological polar surface area (TPSA) is 71.7 Å². The van der Waals surface area contributed by atoms with Crippen molar-refractivity contribution in [2.45, 2.75) is 4.90 Å². The number of carbonyl (C=O) groups is 1. The lowest BCUT2D eigenvalue weighted by atomic mass is 10.2. The van der Waals surface area contributed by atoms with Crippen molar-refractivity contribution in [2.24, 2.45) is 5.10 Å². The second-order valence-electron chi connectivity index (χ2n) is 5.26. The normalized spacial score (nSPS) is 11.6. The summed E-state index contributed by atoms with van der Waals surface area (Å²) in [4.78, 5) is 22.4. The Morgan fingerprint density at radius 3 is 3.19 bits per heavy atom. The highest BCUT2D eigenvalue weighted by atomic mass is 35.5. The number of nitrogens with one attached hydrogen (secondary N) is 1. The molecule has 3 heterocycles. The molecular weight excluding hydrogens is 390 g/mol. The summed E-state index contributed by atoms with van der Waals surface area (Å²) in [6.45, 7) is 0. The number of benzene rings is 1. The van der Waals surface area contributed by atoms with Gasteiger partial charge in [0.05, 0.1) is 17.5 Å². The van der Waals surface area contributed by atoms with E-state index in [9.17, 15) is 4.79 Å². The van der Waals surface area contributed by atoms with E-state index < -0.39 is 0 Å². The van der Waals surface area contributed by atoms with Crippen molar-refractivity contribution in [3.05, 3.63) is 59.0 Å². The minimum Gasteiger partial charge on any atom is -0.288 e. The van der Waals surface area contributed by atoms with E-state index in [1.165, 1.54) is 29.3 Å². The van der Waals surface area contributed by atoms with E-state index >= 15 is 0 Å². The fraction of sp³-hybridized carbons (Fsp3) is 0.0588. The highest BCUT2D eigenvalue weighted by Crippen LogP contribution is 2.25. The lowest BCUT2D eigenvalue weighted by Crippen LogP contribution is -2.19. The van der Waals surface area contributed by atoms with Gasteiger partial charge in [-0.3, -0.25) is 14.2 Å². The van der Waals surface area contributed by atoms with Gasteiger partial charge in [0, 0.05) is 28.1 Å². The molecule has 1 N–H and O–H groups in total. The molecule has 0 atom stereocenters. The number of rotatable bonds is 5.